The monoisotopic (exact) mass is 252 g/mol. The predicted octanol–water partition coefficient (Wildman–Crippen LogP) is 2.39. The molecule has 0 aliphatic heterocycles. The first-order valence-electron chi connectivity index (χ1n) is 6.48. The van der Waals surface area contributed by atoms with Crippen LogP contribution >= 0.6 is 0 Å². The average molecular weight is 252 g/mol. The first-order chi connectivity index (χ1) is 8.38. The van der Waals surface area contributed by atoms with E-state index in [4.69, 9.17) is 9.84 Å². The van der Waals surface area contributed by atoms with Gasteiger partial charge in [0.25, 0.3) is 0 Å². The van der Waals surface area contributed by atoms with E-state index in [1.807, 2.05) is 0 Å². The molecule has 0 aromatic heterocycles. The molecule has 100 valence electrons. The molecule has 0 aromatic carbocycles. The summed E-state index contributed by atoms with van der Waals surface area (Å²) in [5, 5.41) is 8.96. The van der Waals surface area contributed by atoms with Gasteiger partial charge in [0.2, 0.25) is 0 Å². The van der Waals surface area contributed by atoms with Crippen LogP contribution in [0.4, 0.5) is 0 Å². The van der Waals surface area contributed by atoms with Gasteiger partial charge >= 0.3 is 11.9 Å². The molecule has 4 atom stereocenters. The number of carboxylic acid groups (broad SMARTS) is 1. The standard InChI is InChI=1S/C14H20O4/c1-9(15)18-14(2,8-13(16)17)7-12-6-10-3-4-11(12)5-10/h3-4,10-12H,5-8H2,1-2H3,(H,16,17). The molecule has 0 radical (unpaired) electrons. The van der Waals surface area contributed by atoms with Crippen LogP contribution in [0.1, 0.15) is 39.5 Å². The molecule has 2 aliphatic rings. The van der Waals surface area contributed by atoms with Crippen molar-refractivity contribution in [3.8, 4) is 0 Å². The minimum absolute atomic E-state index is 0.121. The summed E-state index contributed by atoms with van der Waals surface area (Å²) in [6.45, 7) is 3.07. The van der Waals surface area contributed by atoms with Crippen LogP contribution in [0.2, 0.25) is 0 Å². The van der Waals surface area contributed by atoms with E-state index in [1.165, 1.54) is 13.3 Å². The maximum absolute atomic E-state index is 11.1. The number of allylic oxidation sites excluding steroid dienone is 2. The van der Waals surface area contributed by atoms with Crippen molar-refractivity contribution in [3.05, 3.63) is 12.2 Å². The van der Waals surface area contributed by atoms with Crippen molar-refractivity contribution in [3.63, 3.8) is 0 Å². The minimum atomic E-state index is -0.919. The Morgan fingerprint density at radius 3 is 2.56 bits per heavy atom. The lowest BCUT2D eigenvalue weighted by molar-refractivity contribution is -0.162. The highest BCUT2D eigenvalue weighted by molar-refractivity contribution is 5.70. The summed E-state index contributed by atoms with van der Waals surface area (Å²) in [5.41, 5.74) is -0.874. The Balaban J connectivity index is 2.02. The lowest BCUT2D eigenvalue weighted by Crippen LogP contribution is -2.36. The van der Waals surface area contributed by atoms with Gasteiger partial charge in [0, 0.05) is 6.92 Å². The maximum atomic E-state index is 11.1. The van der Waals surface area contributed by atoms with Gasteiger partial charge in [-0.15, -0.1) is 0 Å². The van der Waals surface area contributed by atoms with E-state index in [2.05, 4.69) is 12.2 Å². The molecule has 0 amide bonds. The number of aliphatic carboxylic acids is 1. The summed E-state index contributed by atoms with van der Waals surface area (Å²) >= 11 is 0. The van der Waals surface area contributed by atoms with Crippen LogP contribution in [0.5, 0.6) is 0 Å². The molecule has 18 heavy (non-hydrogen) atoms. The number of carboxylic acids is 1. The van der Waals surface area contributed by atoms with E-state index >= 15 is 0 Å². The highest BCUT2D eigenvalue weighted by Crippen LogP contribution is 2.47. The lowest BCUT2D eigenvalue weighted by atomic mass is 9.82. The fourth-order valence-corrected chi connectivity index (χ4v) is 3.50. The van der Waals surface area contributed by atoms with E-state index in [0.717, 1.165) is 6.42 Å². The van der Waals surface area contributed by atoms with Crippen LogP contribution in [-0.4, -0.2) is 22.6 Å². The van der Waals surface area contributed by atoms with Crippen LogP contribution < -0.4 is 0 Å². The number of esters is 1. The van der Waals surface area contributed by atoms with Gasteiger partial charge in [-0.05, 0) is 43.9 Å². The number of fused-ring (bicyclic) bond motifs is 2. The van der Waals surface area contributed by atoms with Crippen LogP contribution in [0, 0.1) is 17.8 Å². The minimum Gasteiger partial charge on any atom is -0.481 e. The number of ether oxygens (including phenoxy) is 1. The molecule has 2 aliphatic carbocycles. The summed E-state index contributed by atoms with van der Waals surface area (Å²) < 4.78 is 5.27. The predicted molar refractivity (Wildman–Crippen MR) is 65.9 cm³/mol. The van der Waals surface area contributed by atoms with Crippen molar-refractivity contribution >= 4 is 11.9 Å². The second-order valence-corrected chi connectivity index (χ2v) is 5.86. The van der Waals surface area contributed by atoms with Crippen molar-refractivity contribution in [2.24, 2.45) is 17.8 Å². The molecule has 1 fully saturated rings. The zero-order valence-electron chi connectivity index (χ0n) is 10.9. The zero-order valence-corrected chi connectivity index (χ0v) is 10.9. The highest BCUT2D eigenvalue weighted by Gasteiger charge is 2.42. The molecule has 2 rings (SSSR count). The third kappa shape index (κ3) is 2.92. The molecule has 4 unspecified atom stereocenters. The molecular formula is C14H20O4. The number of hydrogen-bond donors (Lipinski definition) is 1. The summed E-state index contributed by atoms with van der Waals surface area (Å²) in [6.07, 6.45) is 7.27. The fraction of sp³-hybridized carbons (Fsp3) is 0.714. The van der Waals surface area contributed by atoms with E-state index in [-0.39, 0.29) is 6.42 Å². The molecule has 0 aromatic rings. The quantitative estimate of drug-likeness (QED) is 0.602. The van der Waals surface area contributed by atoms with Crippen LogP contribution in [-0.2, 0) is 14.3 Å². The van der Waals surface area contributed by atoms with Crippen molar-refractivity contribution in [2.75, 3.05) is 0 Å². The summed E-state index contributed by atoms with van der Waals surface area (Å²) in [5.74, 6) is 0.309. The lowest BCUT2D eigenvalue weighted by Gasteiger charge is -2.32. The SMILES string of the molecule is CC(=O)OC(C)(CC(=O)O)CC1CC2C=CC1C2. The molecule has 4 nitrogen and oxygen atoms in total. The van der Waals surface area contributed by atoms with Gasteiger partial charge in [-0.25, -0.2) is 0 Å². The third-order valence-electron chi connectivity index (χ3n) is 4.03. The second kappa shape index (κ2) is 4.75. The third-order valence-corrected chi connectivity index (χ3v) is 4.03. The Morgan fingerprint density at radius 2 is 2.11 bits per heavy atom. The molecule has 1 N–H and O–H groups in total. The van der Waals surface area contributed by atoms with Gasteiger partial charge in [-0.1, -0.05) is 12.2 Å². The van der Waals surface area contributed by atoms with Crippen molar-refractivity contribution in [1.29, 1.82) is 0 Å². The number of rotatable bonds is 5. The highest BCUT2D eigenvalue weighted by atomic mass is 16.6. The first-order valence-corrected chi connectivity index (χ1v) is 6.48. The maximum Gasteiger partial charge on any atom is 0.307 e. The van der Waals surface area contributed by atoms with Crippen molar-refractivity contribution in [2.45, 2.75) is 45.1 Å². The van der Waals surface area contributed by atoms with Gasteiger partial charge in [-0.2, -0.15) is 0 Å². The summed E-state index contributed by atoms with van der Waals surface area (Å²) in [4.78, 5) is 22.1. The van der Waals surface area contributed by atoms with Gasteiger partial charge in [-0.3, -0.25) is 9.59 Å². The number of hydrogen-bond acceptors (Lipinski definition) is 3. The first kappa shape index (κ1) is 13.1. The average Bonchev–Trinajstić information content (AvgIpc) is 2.74. The Hall–Kier alpha value is -1.32. The summed E-state index contributed by atoms with van der Waals surface area (Å²) in [7, 11) is 0. The summed E-state index contributed by atoms with van der Waals surface area (Å²) in [6, 6.07) is 0. The van der Waals surface area contributed by atoms with E-state index in [1.54, 1.807) is 6.92 Å². The fourth-order valence-electron chi connectivity index (χ4n) is 3.50. The molecule has 0 heterocycles. The van der Waals surface area contributed by atoms with Gasteiger partial charge in [0.1, 0.15) is 5.60 Å². The Morgan fingerprint density at radius 1 is 1.39 bits per heavy atom. The topological polar surface area (TPSA) is 63.6 Å². The number of carbonyl (C=O) groups excluding carboxylic acids is 1. The Bertz CT molecular complexity index is 369. The van der Waals surface area contributed by atoms with E-state index < -0.39 is 17.5 Å². The molecular weight excluding hydrogens is 232 g/mol. The second-order valence-electron chi connectivity index (χ2n) is 5.86. The zero-order chi connectivity index (χ0) is 13.3. The smallest absolute Gasteiger partial charge is 0.307 e. The largest absolute Gasteiger partial charge is 0.481 e. The van der Waals surface area contributed by atoms with Crippen molar-refractivity contribution < 1.29 is 19.4 Å². The molecule has 1 saturated carbocycles. The molecule has 2 bridgehead atoms. The van der Waals surface area contributed by atoms with Gasteiger partial charge < -0.3 is 9.84 Å². The Kier molecular flexibility index (Phi) is 3.46. The van der Waals surface area contributed by atoms with Gasteiger partial charge in [0.05, 0.1) is 6.42 Å². The van der Waals surface area contributed by atoms with Crippen LogP contribution in [0.15, 0.2) is 12.2 Å². The van der Waals surface area contributed by atoms with E-state index in [0.29, 0.717) is 24.2 Å². The van der Waals surface area contributed by atoms with E-state index in [9.17, 15) is 9.59 Å². The normalized spacial score (nSPS) is 32.2. The Labute approximate surface area is 107 Å². The molecule has 4 heteroatoms. The van der Waals surface area contributed by atoms with Crippen LogP contribution in [0.3, 0.4) is 0 Å². The van der Waals surface area contributed by atoms with Crippen molar-refractivity contribution in [1.82, 2.24) is 0 Å². The number of carbonyl (C=O) groups is 2. The molecule has 0 saturated heterocycles. The van der Waals surface area contributed by atoms with Crippen LogP contribution in [0.25, 0.3) is 0 Å². The van der Waals surface area contributed by atoms with Gasteiger partial charge in [0.15, 0.2) is 0 Å². The molecule has 0 spiro atoms.